The van der Waals surface area contributed by atoms with Crippen LogP contribution in [0.5, 0.6) is 5.75 Å². The Bertz CT molecular complexity index is 1300. The average Bonchev–Trinajstić information content (AvgIpc) is 2.84. The number of hydrogen-bond acceptors (Lipinski definition) is 5. The first-order valence-corrected chi connectivity index (χ1v) is 12.2. The first kappa shape index (κ1) is 26.8. The van der Waals surface area contributed by atoms with E-state index in [9.17, 15) is 14.4 Å². The first-order valence-electron chi connectivity index (χ1n) is 11.0. The van der Waals surface area contributed by atoms with E-state index in [-0.39, 0.29) is 17.1 Å². The van der Waals surface area contributed by atoms with Gasteiger partial charge in [-0.05, 0) is 103 Å². The first-order chi connectivity index (χ1) is 17.1. The molecule has 3 aromatic carbocycles. The van der Waals surface area contributed by atoms with E-state index >= 15 is 0 Å². The summed E-state index contributed by atoms with van der Waals surface area (Å²) in [6.45, 7) is 5.68. The number of hydrazine groups is 1. The molecule has 0 bridgehead atoms. The van der Waals surface area contributed by atoms with Crippen molar-refractivity contribution in [2.75, 3.05) is 5.32 Å². The number of nitrogens with one attached hydrogen (secondary N) is 4. The molecule has 0 unspecified atom stereocenters. The van der Waals surface area contributed by atoms with Crippen LogP contribution in [0.25, 0.3) is 0 Å². The predicted octanol–water partition coefficient (Wildman–Crippen LogP) is 4.75. The van der Waals surface area contributed by atoms with E-state index in [1.54, 1.807) is 54.6 Å². The predicted molar refractivity (Wildman–Crippen MR) is 146 cm³/mol. The van der Waals surface area contributed by atoms with Gasteiger partial charge in [-0.1, -0.05) is 18.2 Å². The lowest BCUT2D eigenvalue weighted by Crippen LogP contribution is -2.48. The van der Waals surface area contributed by atoms with Crippen molar-refractivity contribution in [2.24, 2.45) is 0 Å². The van der Waals surface area contributed by atoms with Crippen molar-refractivity contribution < 1.29 is 19.1 Å². The van der Waals surface area contributed by atoms with E-state index in [1.807, 2.05) is 32.9 Å². The molecule has 10 heteroatoms. The van der Waals surface area contributed by atoms with Gasteiger partial charge in [0.25, 0.3) is 17.7 Å². The highest BCUT2D eigenvalue weighted by atomic mass is 79.9. The lowest BCUT2D eigenvalue weighted by molar-refractivity contribution is 0.0934. The van der Waals surface area contributed by atoms with Crippen molar-refractivity contribution in [3.05, 3.63) is 93.5 Å². The van der Waals surface area contributed by atoms with Crippen LogP contribution in [-0.2, 0) is 0 Å². The quantitative estimate of drug-likeness (QED) is 0.252. The SMILES string of the molecule is Cc1ccccc1C(=O)Nc1ccc(C(=O)NNC(=S)NC(=O)c2ccc(OC(C)C)c(Br)c2)cc1. The number of halogens is 1. The van der Waals surface area contributed by atoms with E-state index < -0.39 is 11.8 Å². The maximum absolute atomic E-state index is 12.5. The average molecular weight is 569 g/mol. The van der Waals surface area contributed by atoms with Gasteiger partial charge in [-0.3, -0.25) is 30.6 Å². The summed E-state index contributed by atoms with van der Waals surface area (Å²) in [6, 6.07) is 18.5. The zero-order chi connectivity index (χ0) is 26.2. The number of anilines is 1. The molecule has 3 amide bonds. The van der Waals surface area contributed by atoms with Crippen LogP contribution in [0.4, 0.5) is 5.69 Å². The molecule has 0 aromatic heterocycles. The molecule has 0 spiro atoms. The largest absolute Gasteiger partial charge is 0.490 e. The third-order valence-corrected chi connectivity index (χ3v) is 5.69. The minimum Gasteiger partial charge on any atom is -0.490 e. The highest BCUT2D eigenvalue weighted by molar-refractivity contribution is 9.10. The van der Waals surface area contributed by atoms with Crippen molar-refractivity contribution in [1.82, 2.24) is 16.2 Å². The molecule has 3 rings (SSSR count). The molecule has 3 aromatic rings. The monoisotopic (exact) mass is 568 g/mol. The summed E-state index contributed by atoms with van der Waals surface area (Å²) in [5.74, 6) is -0.536. The number of hydrogen-bond donors (Lipinski definition) is 4. The molecule has 0 saturated heterocycles. The standard InChI is InChI=1S/C26H25BrN4O4S/c1-15(2)35-22-13-10-18(14-21(22)27)23(32)29-26(36)31-30-24(33)17-8-11-19(12-9-17)28-25(34)20-7-5-4-6-16(20)3/h4-15H,1-3H3,(H,28,34)(H,30,33)(H2,29,31,32,36). The second kappa shape index (κ2) is 12.3. The van der Waals surface area contributed by atoms with Crippen molar-refractivity contribution in [1.29, 1.82) is 0 Å². The van der Waals surface area contributed by atoms with Crippen LogP contribution in [0.2, 0.25) is 0 Å². The molecule has 0 atom stereocenters. The second-order valence-corrected chi connectivity index (χ2v) is 9.28. The third-order valence-electron chi connectivity index (χ3n) is 4.87. The van der Waals surface area contributed by atoms with Crippen molar-refractivity contribution in [2.45, 2.75) is 26.9 Å². The Morgan fingerprint density at radius 1 is 0.861 bits per heavy atom. The second-order valence-electron chi connectivity index (χ2n) is 8.02. The van der Waals surface area contributed by atoms with Gasteiger partial charge >= 0.3 is 0 Å². The molecule has 8 nitrogen and oxygen atoms in total. The zero-order valence-corrected chi connectivity index (χ0v) is 22.2. The van der Waals surface area contributed by atoms with E-state index in [2.05, 4.69) is 37.4 Å². The van der Waals surface area contributed by atoms with E-state index in [1.165, 1.54) is 0 Å². The van der Waals surface area contributed by atoms with Gasteiger partial charge in [0.15, 0.2) is 5.11 Å². The smallest absolute Gasteiger partial charge is 0.269 e. The fraction of sp³-hybridized carbons (Fsp3) is 0.154. The summed E-state index contributed by atoms with van der Waals surface area (Å²) in [5.41, 5.74) is 7.61. The van der Waals surface area contributed by atoms with Crippen molar-refractivity contribution in [3.8, 4) is 5.75 Å². The maximum atomic E-state index is 12.5. The Kier molecular flexibility index (Phi) is 9.15. The Labute approximate surface area is 222 Å². The van der Waals surface area contributed by atoms with Crippen molar-refractivity contribution >= 4 is 56.7 Å². The maximum Gasteiger partial charge on any atom is 0.269 e. The summed E-state index contributed by atoms with van der Waals surface area (Å²) in [7, 11) is 0. The number of aryl methyl sites for hydroxylation is 1. The fourth-order valence-electron chi connectivity index (χ4n) is 3.11. The van der Waals surface area contributed by atoms with Gasteiger partial charge in [0.05, 0.1) is 10.6 Å². The van der Waals surface area contributed by atoms with E-state index in [0.29, 0.717) is 32.6 Å². The molecular formula is C26H25BrN4O4S. The highest BCUT2D eigenvalue weighted by Gasteiger charge is 2.13. The Morgan fingerprint density at radius 2 is 1.53 bits per heavy atom. The van der Waals surface area contributed by atoms with Crippen LogP contribution < -0.4 is 26.2 Å². The minimum absolute atomic E-state index is 0.00474. The molecule has 0 aliphatic heterocycles. The topological polar surface area (TPSA) is 109 Å². The van der Waals surface area contributed by atoms with Gasteiger partial charge < -0.3 is 10.1 Å². The van der Waals surface area contributed by atoms with Gasteiger partial charge in [-0.25, -0.2) is 0 Å². The number of benzene rings is 3. The fourth-order valence-corrected chi connectivity index (χ4v) is 3.73. The van der Waals surface area contributed by atoms with Crippen LogP contribution in [0.3, 0.4) is 0 Å². The summed E-state index contributed by atoms with van der Waals surface area (Å²) >= 11 is 8.48. The Morgan fingerprint density at radius 3 is 2.17 bits per heavy atom. The normalized spacial score (nSPS) is 10.4. The third kappa shape index (κ3) is 7.37. The van der Waals surface area contributed by atoms with Gasteiger partial charge in [0.1, 0.15) is 5.75 Å². The Hall–Kier alpha value is -3.76. The van der Waals surface area contributed by atoms with E-state index in [4.69, 9.17) is 17.0 Å². The lowest BCUT2D eigenvalue weighted by atomic mass is 10.1. The summed E-state index contributed by atoms with van der Waals surface area (Å²) in [5, 5.41) is 5.23. The van der Waals surface area contributed by atoms with Gasteiger partial charge in [-0.2, -0.15) is 0 Å². The zero-order valence-electron chi connectivity index (χ0n) is 19.8. The number of carbonyl (C=O) groups excluding carboxylic acids is 3. The number of amides is 3. The molecule has 0 aliphatic carbocycles. The van der Waals surface area contributed by atoms with Crippen LogP contribution in [0, 0.1) is 6.92 Å². The molecular weight excluding hydrogens is 544 g/mol. The number of ether oxygens (including phenoxy) is 1. The minimum atomic E-state index is -0.471. The summed E-state index contributed by atoms with van der Waals surface area (Å²) < 4.78 is 6.27. The van der Waals surface area contributed by atoms with Gasteiger partial charge in [-0.15, -0.1) is 0 Å². The van der Waals surface area contributed by atoms with Crippen LogP contribution in [0.1, 0.15) is 50.5 Å². The van der Waals surface area contributed by atoms with Crippen LogP contribution in [0.15, 0.2) is 71.2 Å². The molecule has 0 heterocycles. The van der Waals surface area contributed by atoms with E-state index in [0.717, 1.165) is 5.56 Å². The molecule has 0 radical (unpaired) electrons. The number of carbonyl (C=O) groups is 3. The lowest BCUT2D eigenvalue weighted by Gasteiger charge is -2.13. The molecule has 0 saturated carbocycles. The molecule has 186 valence electrons. The molecule has 36 heavy (non-hydrogen) atoms. The molecule has 0 aliphatic rings. The van der Waals surface area contributed by atoms with Crippen LogP contribution in [-0.4, -0.2) is 28.9 Å². The van der Waals surface area contributed by atoms with Gasteiger partial charge in [0, 0.05) is 22.4 Å². The van der Waals surface area contributed by atoms with Crippen LogP contribution >= 0.6 is 28.1 Å². The highest BCUT2D eigenvalue weighted by Crippen LogP contribution is 2.27. The molecule has 0 fully saturated rings. The molecule has 4 N–H and O–H groups in total. The summed E-state index contributed by atoms with van der Waals surface area (Å²) in [6.07, 6.45) is -0.00474. The van der Waals surface area contributed by atoms with Gasteiger partial charge in [0.2, 0.25) is 0 Å². The summed E-state index contributed by atoms with van der Waals surface area (Å²) in [4.78, 5) is 37.3. The van der Waals surface area contributed by atoms with Crippen molar-refractivity contribution in [3.63, 3.8) is 0 Å². The number of thiocarbonyl (C=S) groups is 1. The number of rotatable bonds is 6. The Balaban J connectivity index is 1.50.